The Bertz CT molecular complexity index is 450. The zero-order valence-electron chi connectivity index (χ0n) is 9.05. The van der Waals surface area contributed by atoms with Gasteiger partial charge in [0.25, 0.3) is 0 Å². The van der Waals surface area contributed by atoms with Gasteiger partial charge in [0.15, 0.2) is 11.0 Å². The number of anilines is 1. The smallest absolute Gasteiger partial charge is 0.189 e. The molecule has 0 atom stereocenters. The second-order valence-electron chi connectivity index (χ2n) is 3.41. The van der Waals surface area contributed by atoms with Gasteiger partial charge in [-0.05, 0) is 12.7 Å². The van der Waals surface area contributed by atoms with Crippen molar-refractivity contribution in [3.05, 3.63) is 23.9 Å². The molecule has 0 amide bonds. The summed E-state index contributed by atoms with van der Waals surface area (Å²) in [5.74, 6) is 0.756. The zero-order valence-corrected chi connectivity index (χ0v) is 9.87. The Morgan fingerprint density at radius 3 is 3.00 bits per heavy atom. The van der Waals surface area contributed by atoms with E-state index in [9.17, 15) is 0 Å². The van der Waals surface area contributed by atoms with E-state index >= 15 is 0 Å². The lowest BCUT2D eigenvalue weighted by molar-refractivity contribution is 0.785. The van der Waals surface area contributed by atoms with Crippen LogP contribution >= 0.6 is 11.8 Å². The van der Waals surface area contributed by atoms with Crippen molar-refractivity contribution in [2.45, 2.75) is 11.6 Å². The maximum absolute atomic E-state index is 9.03. The van der Waals surface area contributed by atoms with Crippen LogP contribution < -0.4 is 4.90 Å². The van der Waals surface area contributed by atoms with E-state index < -0.39 is 0 Å². The van der Waals surface area contributed by atoms with E-state index in [4.69, 9.17) is 5.26 Å². The van der Waals surface area contributed by atoms with Crippen molar-refractivity contribution in [3.8, 4) is 6.07 Å². The number of nitriles is 1. The number of hydrogen-bond donors (Lipinski definition) is 0. The molecule has 16 heavy (non-hydrogen) atoms. The summed E-state index contributed by atoms with van der Waals surface area (Å²) in [6, 6.07) is 2.14. The molecule has 0 unspecified atom stereocenters. The van der Waals surface area contributed by atoms with Gasteiger partial charge in [-0.15, -0.1) is 0 Å². The van der Waals surface area contributed by atoms with Gasteiger partial charge in [-0.2, -0.15) is 5.26 Å². The van der Waals surface area contributed by atoms with Gasteiger partial charge in [0.2, 0.25) is 0 Å². The first-order valence-corrected chi connectivity index (χ1v) is 6.28. The van der Waals surface area contributed by atoms with Gasteiger partial charge in [0.1, 0.15) is 11.6 Å². The van der Waals surface area contributed by atoms with Crippen molar-refractivity contribution in [1.29, 1.82) is 5.26 Å². The van der Waals surface area contributed by atoms with Crippen LogP contribution in [0.3, 0.4) is 0 Å². The normalized spacial score (nSPS) is 14.9. The molecule has 0 spiro atoms. The molecule has 0 N–H and O–H groups in total. The van der Waals surface area contributed by atoms with Crippen LogP contribution in [0, 0.1) is 11.3 Å². The topological polar surface area (TPSA) is 52.8 Å². The summed E-state index contributed by atoms with van der Waals surface area (Å²) in [6.45, 7) is 1.73. The minimum absolute atomic E-state index is 0.549. The Labute approximate surface area is 99.0 Å². The summed E-state index contributed by atoms with van der Waals surface area (Å²) in [5, 5.41) is 9.74. The van der Waals surface area contributed by atoms with Gasteiger partial charge in [-0.3, -0.25) is 0 Å². The number of aromatic nitrogens is 2. The summed E-state index contributed by atoms with van der Waals surface area (Å²) >= 11 is 1.49. The fraction of sp³-hybridized carbons (Fsp3) is 0.364. The number of nitrogens with zero attached hydrogens (tertiary/aromatic N) is 4. The van der Waals surface area contributed by atoms with E-state index in [-0.39, 0.29) is 0 Å². The van der Waals surface area contributed by atoms with Crippen LogP contribution in [0.5, 0.6) is 0 Å². The predicted molar refractivity (Wildman–Crippen MR) is 64.5 cm³/mol. The molecule has 1 aromatic heterocycles. The fourth-order valence-corrected chi connectivity index (χ4v) is 1.94. The zero-order chi connectivity index (χ0) is 11.4. The molecular weight excluding hydrogens is 220 g/mol. The van der Waals surface area contributed by atoms with Crippen molar-refractivity contribution in [3.63, 3.8) is 0 Å². The maximum atomic E-state index is 9.03. The molecule has 0 bridgehead atoms. The average molecular weight is 232 g/mol. The number of rotatable bonds is 2. The number of thioether (sulfide) groups is 1. The standard InChI is InChI=1S/C11H12N4S/c1-16-11-13-8-9(7-12)10(14-11)15-5-3-2-4-6-15/h2-3,8H,4-6H2,1H3. The Kier molecular flexibility index (Phi) is 3.42. The monoisotopic (exact) mass is 232 g/mol. The molecule has 2 rings (SSSR count). The van der Waals surface area contributed by atoms with Crippen molar-refractivity contribution in [1.82, 2.24) is 9.97 Å². The molecule has 0 saturated heterocycles. The minimum Gasteiger partial charge on any atom is -0.351 e. The van der Waals surface area contributed by atoms with Crippen LogP contribution in [0.1, 0.15) is 12.0 Å². The first-order chi connectivity index (χ1) is 7.85. The van der Waals surface area contributed by atoms with E-state index in [1.807, 2.05) is 6.26 Å². The lowest BCUT2D eigenvalue weighted by Crippen LogP contribution is -2.28. The number of hydrogen-bond acceptors (Lipinski definition) is 5. The summed E-state index contributed by atoms with van der Waals surface area (Å²) in [5.41, 5.74) is 0.549. The highest BCUT2D eigenvalue weighted by molar-refractivity contribution is 7.98. The first-order valence-electron chi connectivity index (χ1n) is 5.06. The maximum Gasteiger partial charge on any atom is 0.189 e. The van der Waals surface area contributed by atoms with E-state index in [0.717, 1.165) is 25.3 Å². The molecule has 1 aliphatic heterocycles. The molecule has 0 aliphatic carbocycles. The van der Waals surface area contributed by atoms with Crippen LogP contribution in [-0.4, -0.2) is 29.3 Å². The minimum atomic E-state index is 0.549. The van der Waals surface area contributed by atoms with Gasteiger partial charge in [-0.25, -0.2) is 9.97 Å². The Morgan fingerprint density at radius 1 is 1.50 bits per heavy atom. The van der Waals surface area contributed by atoms with Gasteiger partial charge in [-0.1, -0.05) is 23.9 Å². The third-order valence-corrected chi connectivity index (χ3v) is 2.97. The molecule has 0 fully saturated rings. The Hall–Kier alpha value is -1.54. The summed E-state index contributed by atoms with van der Waals surface area (Å²) in [7, 11) is 0. The second kappa shape index (κ2) is 4.99. The molecular formula is C11H12N4S. The van der Waals surface area contributed by atoms with Crippen LogP contribution in [0.15, 0.2) is 23.5 Å². The summed E-state index contributed by atoms with van der Waals surface area (Å²) in [6.07, 6.45) is 8.79. The van der Waals surface area contributed by atoms with Crippen molar-refractivity contribution in [2.75, 3.05) is 24.2 Å². The predicted octanol–water partition coefficient (Wildman–Crippen LogP) is 1.84. The summed E-state index contributed by atoms with van der Waals surface area (Å²) in [4.78, 5) is 10.6. The van der Waals surface area contributed by atoms with Crippen LogP contribution in [0.4, 0.5) is 5.82 Å². The van der Waals surface area contributed by atoms with E-state index in [2.05, 4.69) is 33.1 Å². The molecule has 0 saturated carbocycles. The Balaban J connectivity index is 2.36. The van der Waals surface area contributed by atoms with Gasteiger partial charge >= 0.3 is 0 Å². The fourth-order valence-electron chi connectivity index (χ4n) is 1.61. The molecule has 0 radical (unpaired) electrons. The summed E-state index contributed by atoms with van der Waals surface area (Å²) < 4.78 is 0. The third-order valence-electron chi connectivity index (χ3n) is 2.41. The molecule has 1 aromatic rings. The molecule has 1 aliphatic rings. The van der Waals surface area contributed by atoms with E-state index in [1.165, 1.54) is 11.8 Å². The molecule has 0 aromatic carbocycles. The van der Waals surface area contributed by atoms with Crippen molar-refractivity contribution >= 4 is 17.6 Å². The lowest BCUT2D eigenvalue weighted by atomic mass is 10.2. The first kappa shape index (κ1) is 11.0. The largest absolute Gasteiger partial charge is 0.351 e. The quantitative estimate of drug-likeness (QED) is 0.442. The molecule has 4 nitrogen and oxygen atoms in total. The second-order valence-corrected chi connectivity index (χ2v) is 4.19. The van der Waals surface area contributed by atoms with Gasteiger partial charge in [0.05, 0.1) is 6.20 Å². The van der Waals surface area contributed by atoms with Crippen LogP contribution in [-0.2, 0) is 0 Å². The van der Waals surface area contributed by atoms with Gasteiger partial charge in [0, 0.05) is 13.1 Å². The highest BCUT2D eigenvalue weighted by Gasteiger charge is 2.14. The average Bonchev–Trinajstić information content (AvgIpc) is 2.39. The molecule has 82 valence electrons. The van der Waals surface area contributed by atoms with Crippen LogP contribution in [0.2, 0.25) is 0 Å². The third kappa shape index (κ3) is 2.17. The van der Waals surface area contributed by atoms with Crippen molar-refractivity contribution < 1.29 is 0 Å². The SMILES string of the molecule is CSc1ncc(C#N)c(N2CC=CCC2)n1. The highest BCUT2D eigenvalue weighted by atomic mass is 32.2. The van der Waals surface area contributed by atoms with Gasteiger partial charge < -0.3 is 4.90 Å². The highest BCUT2D eigenvalue weighted by Crippen LogP contribution is 2.21. The van der Waals surface area contributed by atoms with Crippen molar-refractivity contribution in [2.24, 2.45) is 0 Å². The lowest BCUT2D eigenvalue weighted by Gasteiger charge is -2.25. The molecule has 2 heterocycles. The van der Waals surface area contributed by atoms with Crippen LogP contribution in [0.25, 0.3) is 0 Å². The molecule has 5 heteroatoms. The Morgan fingerprint density at radius 2 is 2.38 bits per heavy atom. The van der Waals surface area contributed by atoms with E-state index in [0.29, 0.717) is 10.7 Å². The van der Waals surface area contributed by atoms with E-state index in [1.54, 1.807) is 6.20 Å².